The Bertz CT molecular complexity index is 236. The first-order valence-electron chi connectivity index (χ1n) is 7.67. The minimum absolute atomic E-state index is 0.473. The summed E-state index contributed by atoms with van der Waals surface area (Å²) in [6, 6.07) is 0.473. The van der Waals surface area contributed by atoms with Crippen molar-refractivity contribution in [3.8, 4) is 0 Å². The molecule has 0 rings (SSSR count). The zero-order valence-electron chi connectivity index (χ0n) is 13.6. The van der Waals surface area contributed by atoms with Gasteiger partial charge in [-0.25, -0.2) is 0 Å². The van der Waals surface area contributed by atoms with Crippen LogP contribution in [-0.4, -0.2) is 44.1 Å². The molecule has 3 N–H and O–H groups in total. The second kappa shape index (κ2) is 11.1. The molecule has 4 heteroatoms. The molecule has 0 aliphatic heterocycles. The van der Waals surface area contributed by atoms with Crippen molar-refractivity contribution in [2.45, 2.75) is 58.9 Å². The standard InChI is InChI=1S/C15H34N4/c1-6-7-8-9-10-17-15(16)18-12-14(19(4)5)11-13(2)3/h13-14H,6-12H2,1-5H3,(H3,16,17,18). The van der Waals surface area contributed by atoms with E-state index in [0.717, 1.165) is 19.5 Å². The SMILES string of the molecule is CCCCCCNC(N)=NCC(CC(C)C)N(C)C. The van der Waals surface area contributed by atoms with Crippen LogP contribution in [0.25, 0.3) is 0 Å². The van der Waals surface area contributed by atoms with E-state index in [-0.39, 0.29) is 0 Å². The molecule has 0 spiro atoms. The molecule has 0 saturated heterocycles. The molecule has 0 aromatic rings. The van der Waals surface area contributed by atoms with Crippen molar-refractivity contribution in [1.29, 1.82) is 0 Å². The Morgan fingerprint density at radius 1 is 1.21 bits per heavy atom. The lowest BCUT2D eigenvalue weighted by molar-refractivity contribution is 0.261. The largest absolute Gasteiger partial charge is 0.370 e. The van der Waals surface area contributed by atoms with Crippen LogP contribution in [-0.2, 0) is 0 Å². The lowest BCUT2D eigenvalue weighted by Gasteiger charge is -2.24. The van der Waals surface area contributed by atoms with Gasteiger partial charge in [0.05, 0.1) is 6.54 Å². The molecule has 0 bridgehead atoms. The number of guanidine groups is 1. The average Bonchev–Trinajstić information content (AvgIpc) is 2.33. The fourth-order valence-electron chi connectivity index (χ4n) is 2.02. The van der Waals surface area contributed by atoms with Gasteiger partial charge >= 0.3 is 0 Å². The average molecular weight is 270 g/mol. The summed E-state index contributed by atoms with van der Waals surface area (Å²) >= 11 is 0. The van der Waals surface area contributed by atoms with Gasteiger partial charge in [0.1, 0.15) is 0 Å². The smallest absolute Gasteiger partial charge is 0.188 e. The highest BCUT2D eigenvalue weighted by atomic mass is 15.1. The minimum atomic E-state index is 0.473. The van der Waals surface area contributed by atoms with Crippen molar-refractivity contribution in [3.63, 3.8) is 0 Å². The third kappa shape index (κ3) is 10.8. The predicted molar refractivity (Wildman–Crippen MR) is 85.6 cm³/mol. The van der Waals surface area contributed by atoms with E-state index in [1.165, 1.54) is 25.7 Å². The highest BCUT2D eigenvalue weighted by molar-refractivity contribution is 5.77. The van der Waals surface area contributed by atoms with Crippen molar-refractivity contribution >= 4 is 5.96 Å². The third-order valence-corrected chi connectivity index (χ3v) is 3.28. The Hall–Kier alpha value is -0.770. The van der Waals surface area contributed by atoms with Crippen LogP contribution < -0.4 is 11.1 Å². The summed E-state index contributed by atoms with van der Waals surface area (Å²) in [4.78, 5) is 6.69. The fraction of sp³-hybridized carbons (Fsp3) is 0.933. The number of rotatable bonds is 10. The van der Waals surface area contributed by atoms with Gasteiger partial charge in [-0.15, -0.1) is 0 Å². The summed E-state index contributed by atoms with van der Waals surface area (Å²) in [7, 11) is 4.22. The maximum atomic E-state index is 5.89. The molecule has 0 aliphatic rings. The normalized spacial score (nSPS) is 14.2. The Balaban J connectivity index is 3.92. The first-order chi connectivity index (χ1) is 8.97. The van der Waals surface area contributed by atoms with Gasteiger partial charge in [-0.1, -0.05) is 40.0 Å². The third-order valence-electron chi connectivity index (χ3n) is 3.28. The van der Waals surface area contributed by atoms with Crippen molar-refractivity contribution in [3.05, 3.63) is 0 Å². The van der Waals surface area contributed by atoms with E-state index in [1.807, 2.05) is 0 Å². The molecule has 0 aromatic heterocycles. The maximum Gasteiger partial charge on any atom is 0.188 e. The molecule has 114 valence electrons. The van der Waals surface area contributed by atoms with E-state index in [0.29, 0.717) is 17.9 Å². The van der Waals surface area contributed by atoms with Gasteiger partial charge in [-0.2, -0.15) is 0 Å². The van der Waals surface area contributed by atoms with E-state index in [9.17, 15) is 0 Å². The second-order valence-electron chi connectivity index (χ2n) is 5.96. The lowest BCUT2D eigenvalue weighted by Crippen LogP contribution is -2.36. The van der Waals surface area contributed by atoms with Crippen molar-refractivity contribution in [2.24, 2.45) is 16.6 Å². The molecule has 0 aliphatic carbocycles. The number of likely N-dealkylation sites (N-methyl/N-ethyl adjacent to an activating group) is 1. The van der Waals surface area contributed by atoms with Gasteiger partial charge in [0, 0.05) is 12.6 Å². The van der Waals surface area contributed by atoms with Gasteiger partial charge in [0.25, 0.3) is 0 Å². The van der Waals surface area contributed by atoms with E-state index < -0.39 is 0 Å². The van der Waals surface area contributed by atoms with E-state index in [2.05, 4.69) is 50.1 Å². The molecule has 0 heterocycles. The summed E-state index contributed by atoms with van der Waals surface area (Å²) in [6.07, 6.45) is 6.16. The van der Waals surface area contributed by atoms with Crippen LogP contribution in [0, 0.1) is 5.92 Å². The van der Waals surface area contributed by atoms with Crippen LogP contribution in [0.4, 0.5) is 0 Å². The summed E-state index contributed by atoms with van der Waals surface area (Å²) in [5, 5.41) is 3.20. The number of nitrogens with two attached hydrogens (primary N) is 1. The quantitative estimate of drug-likeness (QED) is 0.364. The Morgan fingerprint density at radius 2 is 1.89 bits per heavy atom. The number of hydrogen-bond donors (Lipinski definition) is 2. The summed E-state index contributed by atoms with van der Waals surface area (Å²) in [5.74, 6) is 1.28. The van der Waals surface area contributed by atoms with E-state index in [1.54, 1.807) is 0 Å². The molecule has 0 aromatic carbocycles. The van der Waals surface area contributed by atoms with Crippen LogP contribution in [0.15, 0.2) is 4.99 Å². The summed E-state index contributed by atoms with van der Waals surface area (Å²) in [6.45, 7) is 8.43. The van der Waals surface area contributed by atoms with Gasteiger partial charge < -0.3 is 16.0 Å². The molecular weight excluding hydrogens is 236 g/mol. The number of unbranched alkanes of at least 4 members (excludes halogenated alkanes) is 3. The topological polar surface area (TPSA) is 53.6 Å². The molecule has 1 unspecified atom stereocenters. The molecule has 0 fully saturated rings. The highest BCUT2D eigenvalue weighted by Gasteiger charge is 2.12. The second-order valence-corrected chi connectivity index (χ2v) is 5.96. The number of hydrogen-bond acceptors (Lipinski definition) is 2. The molecule has 0 amide bonds. The molecule has 1 atom stereocenters. The Kier molecular flexibility index (Phi) is 10.6. The zero-order valence-corrected chi connectivity index (χ0v) is 13.6. The van der Waals surface area contributed by atoms with Gasteiger partial charge in [-0.3, -0.25) is 4.99 Å². The molecule has 0 saturated carbocycles. The van der Waals surface area contributed by atoms with Gasteiger partial charge in [0.15, 0.2) is 5.96 Å². The van der Waals surface area contributed by atoms with Gasteiger partial charge in [-0.05, 0) is 32.9 Å². The molecule has 4 nitrogen and oxygen atoms in total. The monoisotopic (exact) mass is 270 g/mol. The highest BCUT2D eigenvalue weighted by Crippen LogP contribution is 2.09. The van der Waals surface area contributed by atoms with Crippen molar-refractivity contribution in [1.82, 2.24) is 10.2 Å². The first kappa shape index (κ1) is 18.2. The minimum Gasteiger partial charge on any atom is -0.370 e. The predicted octanol–water partition coefficient (Wildman–Crippen LogP) is 2.45. The lowest BCUT2D eigenvalue weighted by atomic mass is 10.0. The molecular formula is C15H34N4. The number of nitrogens with zero attached hydrogens (tertiary/aromatic N) is 2. The maximum absolute atomic E-state index is 5.89. The first-order valence-corrected chi connectivity index (χ1v) is 7.67. The van der Waals surface area contributed by atoms with Crippen molar-refractivity contribution < 1.29 is 0 Å². The fourth-order valence-corrected chi connectivity index (χ4v) is 2.02. The zero-order chi connectivity index (χ0) is 14.7. The summed E-state index contributed by atoms with van der Waals surface area (Å²) in [5.41, 5.74) is 5.89. The van der Waals surface area contributed by atoms with Crippen LogP contribution in [0.2, 0.25) is 0 Å². The summed E-state index contributed by atoms with van der Waals surface area (Å²) < 4.78 is 0. The number of aliphatic imine (C=N–C) groups is 1. The Labute approximate surface area is 119 Å². The van der Waals surface area contributed by atoms with Crippen LogP contribution >= 0.6 is 0 Å². The molecule has 19 heavy (non-hydrogen) atoms. The van der Waals surface area contributed by atoms with Gasteiger partial charge in [0.2, 0.25) is 0 Å². The number of nitrogens with one attached hydrogen (secondary N) is 1. The Morgan fingerprint density at radius 3 is 2.42 bits per heavy atom. The van der Waals surface area contributed by atoms with E-state index in [4.69, 9.17) is 5.73 Å². The van der Waals surface area contributed by atoms with Crippen molar-refractivity contribution in [2.75, 3.05) is 27.2 Å². The van der Waals surface area contributed by atoms with E-state index >= 15 is 0 Å². The van der Waals surface area contributed by atoms with Crippen LogP contribution in [0.1, 0.15) is 52.9 Å². The van der Waals surface area contributed by atoms with Crippen LogP contribution in [0.3, 0.4) is 0 Å². The molecule has 0 radical (unpaired) electrons. The van der Waals surface area contributed by atoms with Crippen LogP contribution in [0.5, 0.6) is 0 Å².